The molecule has 2 heterocycles. The molecule has 1 saturated heterocycles. The monoisotopic (exact) mass is 335 g/mol. The van der Waals surface area contributed by atoms with E-state index in [2.05, 4.69) is 28.2 Å². The molecule has 0 aliphatic carbocycles. The van der Waals surface area contributed by atoms with Gasteiger partial charge in [0.15, 0.2) is 0 Å². The number of aromatic nitrogens is 1. The quantitative estimate of drug-likeness (QED) is 0.929. The Morgan fingerprint density at radius 1 is 1.12 bits per heavy atom. The molecule has 6 nitrogen and oxygen atoms in total. The highest BCUT2D eigenvalue weighted by molar-refractivity contribution is 5.92. The van der Waals surface area contributed by atoms with Gasteiger partial charge in [0.1, 0.15) is 5.69 Å². The predicted molar refractivity (Wildman–Crippen MR) is 96.7 cm³/mol. The summed E-state index contributed by atoms with van der Waals surface area (Å²) in [6.07, 6.45) is 1.66. The van der Waals surface area contributed by atoms with E-state index in [0.29, 0.717) is 11.3 Å². The van der Waals surface area contributed by atoms with E-state index in [1.54, 1.807) is 24.4 Å². The lowest BCUT2D eigenvalue weighted by atomic mass is 10.2. The van der Waals surface area contributed by atoms with E-state index in [4.69, 9.17) is 5.26 Å². The fourth-order valence-corrected chi connectivity index (χ4v) is 2.82. The van der Waals surface area contributed by atoms with Crippen LogP contribution >= 0.6 is 0 Å². The van der Waals surface area contributed by atoms with Gasteiger partial charge in [-0.05, 0) is 42.9 Å². The molecule has 1 N–H and O–H groups in total. The summed E-state index contributed by atoms with van der Waals surface area (Å²) in [5.41, 5.74) is 2.76. The zero-order valence-corrected chi connectivity index (χ0v) is 14.3. The number of carbonyl (C=O) groups excluding carboxylic acids is 1. The maximum absolute atomic E-state index is 12.5. The van der Waals surface area contributed by atoms with Gasteiger partial charge in [0.25, 0.3) is 5.91 Å². The van der Waals surface area contributed by atoms with Crippen LogP contribution in [0, 0.1) is 11.3 Å². The number of anilines is 2. The third kappa shape index (κ3) is 4.14. The third-order valence-corrected chi connectivity index (χ3v) is 4.39. The molecule has 1 aromatic heterocycles. The molecule has 0 unspecified atom stereocenters. The number of rotatable bonds is 4. The summed E-state index contributed by atoms with van der Waals surface area (Å²) < 4.78 is 0. The molecular formula is C19H21N5O. The number of benzene rings is 1. The maximum atomic E-state index is 12.5. The zero-order valence-electron chi connectivity index (χ0n) is 14.3. The molecule has 0 atom stereocenters. The van der Waals surface area contributed by atoms with Crippen molar-refractivity contribution in [2.45, 2.75) is 6.92 Å². The Hall–Kier alpha value is -2.91. The van der Waals surface area contributed by atoms with Crippen LogP contribution in [0.25, 0.3) is 0 Å². The van der Waals surface area contributed by atoms with Crippen LogP contribution < -0.4 is 5.32 Å². The Labute approximate surface area is 147 Å². The molecule has 1 aliphatic heterocycles. The summed E-state index contributed by atoms with van der Waals surface area (Å²) in [4.78, 5) is 21.0. The van der Waals surface area contributed by atoms with Crippen LogP contribution in [0.15, 0.2) is 42.6 Å². The standard InChI is InChI=1S/C19H21N5O/c1-2-23-9-11-24(12-10-23)19(25)18-8-7-17(14-21-18)22-16-5-3-15(13-20)4-6-16/h3-8,14,22H,2,9-12H2,1H3. The van der Waals surface area contributed by atoms with Crippen molar-refractivity contribution in [1.29, 1.82) is 5.26 Å². The number of nitrogens with one attached hydrogen (secondary N) is 1. The molecule has 2 aromatic rings. The van der Waals surface area contributed by atoms with Crippen molar-refractivity contribution >= 4 is 17.3 Å². The summed E-state index contributed by atoms with van der Waals surface area (Å²) in [5, 5.41) is 12.0. The Kier molecular flexibility index (Phi) is 5.26. The van der Waals surface area contributed by atoms with E-state index < -0.39 is 0 Å². The Balaban J connectivity index is 1.61. The molecule has 0 spiro atoms. The average Bonchev–Trinajstić information content (AvgIpc) is 2.69. The smallest absolute Gasteiger partial charge is 0.272 e. The van der Waals surface area contributed by atoms with Gasteiger partial charge in [-0.2, -0.15) is 5.26 Å². The number of hydrogen-bond acceptors (Lipinski definition) is 5. The highest BCUT2D eigenvalue weighted by atomic mass is 16.2. The minimum absolute atomic E-state index is 0.0133. The zero-order chi connectivity index (χ0) is 17.6. The van der Waals surface area contributed by atoms with Gasteiger partial charge in [-0.1, -0.05) is 6.92 Å². The van der Waals surface area contributed by atoms with Crippen LogP contribution in [0.5, 0.6) is 0 Å². The van der Waals surface area contributed by atoms with Gasteiger partial charge >= 0.3 is 0 Å². The summed E-state index contributed by atoms with van der Waals surface area (Å²) in [6, 6.07) is 12.9. The summed E-state index contributed by atoms with van der Waals surface area (Å²) in [5.74, 6) is -0.0133. The van der Waals surface area contributed by atoms with Crippen LogP contribution in [0.1, 0.15) is 23.0 Å². The van der Waals surface area contributed by atoms with Crippen LogP contribution in [0.3, 0.4) is 0 Å². The topological polar surface area (TPSA) is 72.3 Å². The second kappa shape index (κ2) is 7.77. The molecule has 1 aliphatic rings. The first-order valence-electron chi connectivity index (χ1n) is 8.44. The summed E-state index contributed by atoms with van der Waals surface area (Å²) in [7, 11) is 0. The first kappa shape index (κ1) is 16.9. The van der Waals surface area contributed by atoms with E-state index in [1.165, 1.54) is 0 Å². The Morgan fingerprint density at radius 3 is 2.36 bits per heavy atom. The van der Waals surface area contributed by atoms with Crippen molar-refractivity contribution in [2.24, 2.45) is 0 Å². The number of amides is 1. The number of carbonyl (C=O) groups is 1. The number of hydrogen-bond donors (Lipinski definition) is 1. The van der Waals surface area contributed by atoms with Crippen LogP contribution in [0.4, 0.5) is 11.4 Å². The Bertz CT molecular complexity index is 756. The molecule has 1 fully saturated rings. The molecule has 0 bridgehead atoms. The second-order valence-corrected chi connectivity index (χ2v) is 5.97. The van der Waals surface area contributed by atoms with Crippen LogP contribution in [-0.4, -0.2) is 53.4 Å². The largest absolute Gasteiger partial charge is 0.354 e. The number of piperazine rings is 1. The summed E-state index contributed by atoms with van der Waals surface area (Å²) in [6.45, 7) is 6.49. The first-order valence-corrected chi connectivity index (χ1v) is 8.44. The Morgan fingerprint density at radius 2 is 1.80 bits per heavy atom. The van der Waals surface area contributed by atoms with Crippen molar-refractivity contribution in [3.05, 3.63) is 53.9 Å². The number of nitrogens with zero attached hydrogens (tertiary/aromatic N) is 4. The molecule has 25 heavy (non-hydrogen) atoms. The van der Waals surface area contributed by atoms with Crippen molar-refractivity contribution in [3.63, 3.8) is 0 Å². The van der Waals surface area contributed by atoms with E-state index in [-0.39, 0.29) is 5.91 Å². The van der Waals surface area contributed by atoms with Crippen molar-refractivity contribution in [1.82, 2.24) is 14.8 Å². The van der Waals surface area contributed by atoms with Crippen molar-refractivity contribution in [3.8, 4) is 6.07 Å². The van der Waals surface area contributed by atoms with E-state index in [0.717, 1.165) is 44.1 Å². The minimum Gasteiger partial charge on any atom is -0.354 e. The molecular weight excluding hydrogens is 314 g/mol. The molecule has 0 saturated carbocycles. The number of pyridine rings is 1. The lowest BCUT2D eigenvalue weighted by molar-refractivity contribution is 0.0637. The van der Waals surface area contributed by atoms with Gasteiger partial charge in [-0.25, -0.2) is 4.98 Å². The SMILES string of the molecule is CCN1CCN(C(=O)c2ccc(Nc3ccc(C#N)cc3)cn2)CC1. The minimum atomic E-state index is -0.0133. The highest BCUT2D eigenvalue weighted by Gasteiger charge is 2.21. The fraction of sp³-hybridized carbons (Fsp3) is 0.316. The summed E-state index contributed by atoms with van der Waals surface area (Å²) >= 11 is 0. The van der Waals surface area contributed by atoms with Gasteiger partial charge < -0.3 is 15.1 Å². The lowest BCUT2D eigenvalue weighted by Gasteiger charge is -2.33. The fourth-order valence-electron chi connectivity index (χ4n) is 2.82. The molecule has 1 aromatic carbocycles. The van der Waals surface area contributed by atoms with E-state index in [9.17, 15) is 4.79 Å². The van der Waals surface area contributed by atoms with Crippen LogP contribution in [0.2, 0.25) is 0 Å². The predicted octanol–water partition coefficient (Wildman–Crippen LogP) is 2.47. The normalized spacial score (nSPS) is 14.8. The van der Waals surface area contributed by atoms with Crippen molar-refractivity contribution in [2.75, 3.05) is 38.0 Å². The molecule has 1 amide bonds. The van der Waals surface area contributed by atoms with Gasteiger partial charge in [-0.15, -0.1) is 0 Å². The average molecular weight is 335 g/mol. The molecule has 6 heteroatoms. The number of likely N-dealkylation sites (N-methyl/N-ethyl adjacent to an activating group) is 1. The second-order valence-electron chi connectivity index (χ2n) is 5.97. The van der Waals surface area contributed by atoms with Gasteiger partial charge in [-0.3, -0.25) is 4.79 Å². The first-order chi connectivity index (χ1) is 12.2. The molecule has 128 valence electrons. The third-order valence-electron chi connectivity index (χ3n) is 4.39. The lowest BCUT2D eigenvalue weighted by Crippen LogP contribution is -2.48. The van der Waals surface area contributed by atoms with E-state index >= 15 is 0 Å². The number of nitriles is 1. The van der Waals surface area contributed by atoms with E-state index in [1.807, 2.05) is 23.1 Å². The van der Waals surface area contributed by atoms with Gasteiger partial charge in [0.2, 0.25) is 0 Å². The molecule has 0 radical (unpaired) electrons. The molecule has 3 rings (SSSR count). The van der Waals surface area contributed by atoms with Gasteiger partial charge in [0.05, 0.1) is 23.5 Å². The van der Waals surface area contributed by atoms with Gasteiger partial charge in [0, 0.05) is 31.9 Å². The van der Waals surface area contributed by atoms with Crippen molar-refractivity contribution < 1.29 is 4.79 Å². The maximum Gasteiger partial charge on any atom is 0.272 e. The van der Waals surface area contributed by atoms with Crippen LogP contribution in [-0.2, 0) is 0 Å². The highest BCUT2D eigenvalue weighted by Crippen LogP contribution is 2.17.